The van der Waals surface area contributed by atoms with E-state index in [4.69, 9.17) is 4.74 Å². The lowest BCUT2D eigenvalue weighted by atomic mass is 10.2. The quantitative estimate of drug-likeness (QED) is 0.681. The summed E-state index contributed by atoms with van der Waals surface area (Å²) in [5, 5.41) is 2.28. The number of ether oxygens (including phenoxy) is 1. The van der Waals surface area contributed by atoms with Gasteiger partial charge in [-0.2, -0.15) is 0 Å². The molecule has 0 aliphatic rings. The molecule has 118 valence electrons. The smallest absolute Gasteiger partial charge is 0.331 e. The maximum absolute atomic E-state index is 13.3. The number of benzene rings is 2. The van der Waals surface area contributed by atoms with E-state index in [2.05, 4.69) is 5.32 Å². The van der Waals surface area contributed by atoms with Crippen LogP contribution in [0.1, 0.15) is 5.56 Å². The van der Waals surface area contributed by atoms with E-state index in [1.165, 1.54) is 42.5 Å². The summed E-state index contributed by atoms with van der Waals surface area (Å²) in [4.78, 5) is 23.0. The Morgan fingerprint density at radius 3 is 2.61 bits per heavy atom. The van der Waals surface area contributed by atoms with Crippen LogP contribution < -0.4 is 5.32 Å². The van der Waals surface area contributed by atoms with Crippen molar-refractivity contribution in [1.82, 2.24) is 0 Å². The van der Waals surface area contributed by atoms with Crippen molar-refractivity contribution in [3.63, 3.8) is 0 Å². The Bertz CT molecular complexity index is 744. The van der Waals surface area contributed by atoms with Crippen molar-refractivity contribution < 1.29 is 23.1 Å². The van der Waals surface area contributed by atoms with Crippen LogP contribution in [0.15, 0.2) is 54.6 Å². The fraction of sp³-hybridized carbons (Fsp3) is 0.0588. The molecule has 0 aliphatic heterocycles. The fourth-order valence-corrected chi connectivity index (χ4v) is 1.71. The number of para-hydroxylation sites is 1. The Kier molecular flexibility index (Phi) is 5.57. The van der Waals surface area contributed by atoms with E-state index >= 15 is 0 Å². The van der Waals surface area contributed by atoms with Crippen molar-refractivity contribution >= 4 is 23.6 Å². The van der Waals surface area contributed by atoms with Gasteiger partial charge in [0.15, 0.2) is 6.61 Å². The fourth-order valence-electron chi connectivity index (χ4n) is 1.71. The van der Waals surface area contributed by atoms with Crippen LogP contribution in [0, 0.1) is 11.6 Å². The summed E-state index contributed by atoms with van der Waals surface area (Å²) < 4.78 is 31.0. The highest BCUT2D eigenvalue weighted by Crippen LogP contribution is 2.12. The molecule has 0 spiro atoms. The molecule has 6 heteroatoms. The van der Waals surface area contributed by atoms with Gasteiger partial charge >= 0.3 is 5.97 Å². The maximum atomic E-state index is 13.3. The van der Waals surface area contributed by atoms with E-state index in [1.54, 1.807) is 12.1 Å². The summed E-state index contributed by atoms with van der Waals surface area (Å²) in [5.74, 6) is -2.44. The van der Waals surface area contributed by atoms with Gasteiger partial charge in [-0.25, -0.2) is 13.6 Å². The third-order valence-corrected chi connectivity index (χ3v) is 2.75. The molecule has 0 aromatic heterocycles. The first-order valence-electron chi connectivity index (χ1n) is 6.69. The predicted octanol–water partition coefficient (Wildman–Crippen LogP) is 3.16. The first-order chi connectivity index (χ1) is 11.0. The number of carbonyl (C=O) groups excluding carboxylic acids is 2. The second kappa shape index (κ2) is 7.84. The standard InChI is InChI=1S/C17H13F2NO3/c18-13-5-3-4-12(10-13)8-9-17(22)23-11-16(21)20-15-7-2-1-6-14(15)19/h1-10H,11H2,(H,20,21)/b9-8+. The van der Waals surface area contributed by atoms with E-state index in [0.717, 1.165) is 6.08 Å². The van der Waals surface area contributed by atoms with Gasteiger partial charge in [-0.3, -0.25) is 4.79 Å². The van der Waals surface area contributed by atoms with Gasteiger partial charge in [0.05, 0.1) is 5.69 Å². The first-order valence-corrected chi connectivity index (χ1v) is 6.69. The molecule has 2 rings (SSSR count). The molecule has 1 N–H and O–H groups in total. The zero-order valence-corrected chi connectivity index (χ0v) is 12.0. The summed E-state index contributed by atoms with van der Waals surface area (Å²) in [5.41, 5.74) is 0.488. The molecule has 0 radical (unpaired) electrons. The molecule has 0 fully saturated rings. The monoisotopic (exact) mass is 317 g/mol. The molecule has 0 saturated carbocycles. The topological polar surface area (TPSA) is 55.4 Å². The van der Waals surface area contributed by atoms with Gasteiger partial charge in [-0.1, -0.05) is 24.3 Å². The Balaban J connectivity index is 1.82. The third-order valence-electron chi connectivity index (χ3n) is 2.75. The normalized spacial score (nSPS) is 10.5. The zero-order valence-electron chi connectivity index (χ0n) is 12.0. The zero-order chi connectivity index (χ0) is 16.7. The van der Waals surface area contributed by atoms with Crippen LogP contribution in [0.2, 0.25) is 0 Å². The number of nitrogens with one attached hydrogen (secondary N) is 1. The molecule has 1 amide bonds. The van der Waals surface area contributed by atoms with Gasteiger partial charge in [0.1, 0.15) is 11.6 Å². The summed E-state index contributed by atoms with van der Waals surface area (Å²) in [7, 11) is 0. The van der Waals surface area contributed by atoms with Crippen molar-refractivity contribution in [3.05, 3.63) is 71.8 Å². The lowest BCUT2D eigenvalue weighted by molar-refractivity contribution is -0.142. The molecule has 2 aromatic carbocycles. The van der Waals surface area contributed by atoms with Crippen molar-refractivity contribution in [1.29, 1.82) is 0 Å². The number of rotatable bonds is 5. The van der Waals surface area contributed by atoms with Gasteiger partial charge in [-0.05, 0) is 35.9 Å². The van der Waals surface area contributed by atoms with E-state index < -0.39 is 30.1 Å². The number of anilines is 1. The van der Waals surface area contributed by atoms with Crippen LogP contribution in [-0.2, 0) is 14.3 Å². The molecular weight excluding hydrogens is 304 g/mol. The number of halogens is 2. The molecule has 0 aliphatic carbocycles. The van der Waals surface area contributed by atoms with Gasteiger partial charge in [0, 0.05) is 6.08 Å². The Labute approximate surface area is 131 Å². The summed E-state index contributed by atoms with van der Waals surface area (Å²) in [6.45, 7) is -0.555. The SMILES string of the molecule is O=C(COC(=O)/C=C/c1cccc(F)c1)Nc1ccccc1F. The van der Waals surface area contributed by atoms with Crippen LogP contribution in [0.25, 0.3) is 6.08 Å². The average Bonchev–Trinajstić information content (AvgIpc) is 2.53. The minimum Gasteiger partial charge on any atom is -0.452 e. The van der Waals surface area contributed by atoms with Gasteiger partial charge in [0.2, 0.25) is 0 Å². The highest BCUT2D eigenvalue weighted by atomic mass is 19.1. The highest BCUT2D eigenvalue weighted by Gasteiger charge is 2.08. The molecule has 0 atom stereocenters. The van der Waals surface area contributed by atoms with E-state index in [0.29, 0.717) is 5.56 Å². The first kappa shape index (κ1) is 16.4. The Morgan fingerprint density at radius 1 is 1.09 bits per heavy atom. The van der Waals surface area contributed by atoms with Gasteiger partial charge in [0.25, 0.3) is 5.91 Å². The molecule has 2 aromatic rings. The van der Waals surface area contributed by atoms with Crippen LogP contribution in [-0.4, -0.2) is 18.5 Å². The third kappa shape index (κ3) is 5.35. The van der Waals surface area contributed by atoms with Crippen molar-refractivity contribution in [2.24, 2.45) is 0 Å². The molecule has 0 unspecified atom stereocenters. The van der Waals surface area contributed by atoms with E-state index in [9.17, 15) is 18.4 Å². The lowest BCUT2D eigenvalue weighted by Crippen LogP contribution is -2.20. The van der Waals surface area contributed by atoms with Crippen LogP contribution in [0.4, 0.5) is 14.5 Å². The molecule has 0 saturated heterocycles. The lowest BCUT2D eigenvalue weighted by Gasteiger charge is -2.06. The van der Waals surface area contributed by atoms with Crippen LogP contribution in [0.5, 0.6) is 0 Å². The summed E-state index contributed by atoms with van der Waals surface area (Å²) in [6, 6.07) is 11.3. The number of amides is 1. The average molecular weight is 317 g/mol. The molecule has 0 heterocycles. The number of carbonyl (C=O) groups is 2. The predicted molar refractivity (Wildman–Crippen MR) is 81.4 cm³/mol. The number of hydrogen-bond acceptors (Lipinski definition) is 3. The number of hydrogen-bond donors (Lipinski definition) is 1. The van der Waals surface area contributed by atoms with Crippen LogP contribution >= 0.6 is 0 Å². The highest BCUT2D eigenvalue weighted by molar-refractivity contribution is 5.94. The minimum absolute atomic E-state index is 0.00357. The minimum atomic E-state index is -0.766. The Morgan fingerprint density at radius 2 is 1.87 bits per heavy atom. The van der Waals surface area contributed by atoms with Crippen molar-refractivity contribution in [2.75, 3.05) is 11.9 Å². The van der Waals surface area contributed by atoms with E-state index in [-0.39, 0.29) is 5.69 Å². The van der Waals surface area contributed by atoms with Gasteiger partial charge in [-0.15, -0.1) is 0 Å². The molecule has 0 bridgehead atoms. The molecule has 4 nitrogen and oxygen atoms in total. The van der Waals surface area contributed by atoms with Crippen molar-refractivity contribution in [3.8, 4) is 0 Å². The van der Waals surface area contributed by atoms with Crippen molar-refractivity contribution in [2.45, 2.75) is 0 Å². The second-order valence-corrected chi connectivity index (χ2v) is 4.52. The van der Waals surface area contributed by atoms with E-state index in [1.807, 2.05) is 0 Å². The maximum Gasteiger partial charge on any atom is 0.331 e. The van der Waals surface area contributed by atoms with Gasteiger partial charge < -0.3 is 10.1 Å². The Hall–Kier alpha value is -3.02. The van der Waals surface area contributed by atoms with Crippen LogP contribution in [0.3, 0.4) is 0 Å². The number of esters is 1. The summed E-state index contributed by atoms with van der Waals surface area (Å²) >= 11 is 0. The summed E-state index contributed by atoms with van der Waals surface area (Å²) in [6.07, 6.45) is 2.44. The second-order valence-electron chi connectivity index (χ2n) is 4.52. The largest absolute Gasteiger partial charge is 0.452 e. The molecular formula is C17H13F2NO3. The molecule has 23 heavy (non-hydrogen) atoms.